The highest BCUT2D eigenvalue weighted by Crippen LogP contribution is 2.51. The molecule has 5 heteroatoms. The number of aliphatic hydroxyl groups is 1. The summed E-state index contributed by atoms with van der Waals surface area (Å²) in [5, 5.41) is 12.7. The molecule has 2 aromatic rings. The van der Waals surface area contributed by atoms with Crippen molar-refractivity contribution >= 4 is 19.1 Å². The first-order chi connectivity index (χ1) is 15.3. The van der Waals surface area contributed by atoms with Crippen molar-refractivity contribution in [1.29, 1.82) is 0 Å². The molecule has 0 fully saturated rings. The molecule has 0 amide bonds. The summed E-state index contributed by atoms with van der Waals surface area (Å²) in [6.45, 7) is 11.3. The molecule has 0 unspecified atom stereocenters. The van der Waals surface area contributed by atoms with Crippen LogP contribution >= 0.6 is 0 Å². The van der Waals surface area contributed by atoms with E-state index in [0.717, 1.165) is 52.4 Å². The average Bonchev–Trinajstić information content (AvgIpc) is 2.81. The third-order valence-electron chi connectivity index (χ3n) is 7.58. The zero-order chi connectivity index (χ0) is 23.5. The van der Waals surface area contributed by atoms with Crippen LogP contribution in [0.4, 0.5) is 0 Å². The third-order valence-corrected chi connectivity index (χ3v) is 12.4. The Bertz CT molecular complexity index is 953. The largest absolute Gasteiger partial charge is 0.513 e. The summed E-state index contributed by atoms with van der Waals surface area (Å²) in [5.74, 6) is 2.18. The van der Waals surface area contributed by atoms with Crippen LogP contribution in [0.25, 0.3) is 10.8 Å². The number of fused-ring (bicyclic) bond motifs is 1. The molecule has 0 radical (unpaired) electrons. The molecule has 0 aliphatic heterocycles. The molecule has 0 saturated heterocycles. The van der Waals surface area contributed by atoms with E-state index in [0.29, 0.717) is 12.2 Å². The molecule has 0 aromatic heterocycles. The van der Waals surface area contributed by atoms with Crippen LogP contribution in [0, 0.1) is 5.92 Å². The minimum absolute atomic E-state index is 0.0643. The Kier molecular flexibility index (Phi) is 7.61. The highest BCUT2D eigenvalue weighted by molar-refractivity contribution is 6.73. The van der Waals surface area contributed by atoms with Gasteiger partial charge in [0.15, 0.2) is 8.32 Å². The van der Waals surface area contributed by atoms with Gasteiger partial charge in [-0.15, -0.1) is 0 Å². The lowest BCUT2D eigenvalue weighted by Crippen LogP contribution is -2.49. The summed E-state index contributed by atoms with van der Waals surface area (Å²) in [6, 6.07) is 13.7. The molecule has 2 atom stereocenters. The van der Waals surface area contributed by atoms with Crippen molar-refractivity contribution in [3.8, 4) is 11.5 Å². The number of rotatable bonds is 9. The average molecular weight is 457 g/mol. The van der Waals surface area contributed by atoms with Crippen LogP contribution in [0.1, 0.15) is 58.9 Å². The van der Waals surface area contributed by atoms with Gasteiger partial charge in [0.25, 0.3) is 0 Å². The van der Waals surface area contributed by atoms with Gasteiger partial charge in [-0.2, -0.15) is 0 Å². The van der Waals surface area contributed by atoms with Gasteiger partial charge in [0.2, 0.25) is 0 Å². The van der Waals surface area contributed by atoms with Gasteiger partial charge in [0.1, 0.15) is 11.5 Å². The SMILES string of the molecule is CC[Si](CC)(CC)OC(C)(C)[C@@H]1CCC(O)=C[C@H]1c1c(OC)cc2ccccc2c1OC. The van der Waals surface area contributed by atoms with Crippen molar-refractivity contribution in [3.63, 3.8) is 0 Å². The molecular weight excluding hydrogens is 416 g/mol. The lowest BCUT2D eigenvalue weighted by Gasteiger charge is -2.46. The Morgan fingerprint density at radius 2 is 1.69 bits per heavy atom. The fourth-order valence-electron chi connectivity index (χ4n) is 5.56. The molecule has 1 N–H and O–H groups in total. The molecule has 0 saturated carbocycles. The zero-order valence-corrected chi connectivity index (χ0v) is 21.8. The number of benzene rings is 2. The Balaban J connectivity index is 2.18. The fraction of sp³-hybridized carbons (Fsp3) is 0.556. The summed E-state index contributed by atoms with van der Waals surface area (Å²) in [5.41, 5.74) is 0.663. The van der Waals surface area contributed by atoms with Gasteiger partial charge in [-0.1, -0.05) is 45.0 Å². The van der Waals surface area contributed by atoms with Gasteiger partial charge in [0, 0.05) is 23.3 Å². The molecule has 2 aromatic carbocycles. The van der Waals surface area contributed by atoms with Crippen molar-refractivity contribution in [3.05, 3.63) is 47.7 Å². The van der Waals surface area contributed by atoms with Crippen LogP contribution in [0.15, 0.2) is 42.2 Å². The topological polar surface area (TPSA) is 47.9 Å². The van der Waals surface area contributed by atoms with E-state index in [1.807, 2.05) is 18.2 Å². The summed E-state index contributed by atoms with van der Waals surface area (Å²) in [7, 11) is 1.61. The van der Waals surface area contributed by atoms with Crippen molar-refractivity contribution in [2.75, 3.05) is 14.2 Å². The molecule has 4 nitrogen and oxygen atoms in total. The lowest BCUT2D eigenvalue weighted by molar-refractivity contribution is 0.0157. The predicted octanol–water partition coefficient (Wildman–Crippen LogP) is 7.59. The fourth-order valence-corrected chi connectivity index (χ4v) is 8.76. The molecule has 0 spiro atoms. The first-order valence-corrected chi connectivity index (χ1v) is 14.5. The van der Waals surface area contributed by atoms with Crippen molar-refractivity contribution in [2.45, 2.75) is 77.1 Å². The normalized spacial score (nSPS) is 19.7. The Labute approximate surface area is 194 Å². The number of hydrogen-bond acceptors (Lipinski definition) is 4. The van der Waals surface area contributed by atoms with E-state index in [1.165, 1.54) is 0 Å². The smallest absolute Gasteiger partial charge is 0.192 e. The van der Waals surface area contributed by atoms with Gasteiger partial charge < -0.3 is 19.0 Å². The second-order valence-corrected chi connectivity index (χ2v) is 14.2. The van der Waals surface area contributed by atoms with E-state index in [-0.39, 0.29) is 17.4 Å². The molecule has 32 heavy (non-hydrogen) atoms. The van der Waals surface area contributed by atoms with Crippen LogP contribution in [-0.2, 0) is 4.43 Å². The maximum atomic E-state index is 10.6. The Morgan fingerprint density at radius 1 is 1.03 bits per heavy atom. The van der Waals surface area contributed by atoms with Gasteiger partial charge in [-0.3, -0.25) is 0 Å². The van der Waals surface area contributed by atoms with E-state index in [1.54, 1.807) is 14.2 Å². The van der Waals surface area contributed by atoms with Crippen LogP contribution < -0.4 is 9.47 Å². The minimum atomic E-state index is -1.82. The summed E-state index contributed by atoms with van der Waals surface area (Å²) in [6.07, 6.45) is 3.54. The van der Waals surface area contributed by atoms with Gasteiger partial charge in [-0.25, -0.2) is 0 Å². The standard InChI is InChI=1S/C27H40O4Si/c1-8-32(9-2,10-3)31-27(4,5)23-16-15-20(28)18-22(23)25-24(29-6)17-19-13-11-12-14-21(19)26(25)30-7/h11-14,17-18,22-23,28H,8-10,15-16H2,1-7H3/t22-,23-/m1/s1. The van der Waals surface area contributed by atoms with Crippen molar-refractivity contribution in [2.24, 2.45) is 5.92 Å². The first-order valence-electron chi connectivity index (χ1n) is 12.0. The van der Waals surface area contributed by atoms with Gasteiger partial charge >= 0.3 is 0 Å². The maximum Gasteiger partial charge on any atom is 0.192 e. The van der Waals surface area contributed by atoms with E-state index >= 15 is 0 Å². The third kappa shape index (κ3) is 4.55. The van der Waals surface area contributed by atoms with Crippen molar-refractivity contribution < 1.29 is 19.0 Å². The Hall–Kier alpha value is -1.98. The van der Waals surface area contributed by atoms with Crippen LogP contribution in [0.2, 0.25) is 18.1 Å². The highest BCUT2D eigenvalue weighted by atomic mass is 28.4. The maximum absolute atomic E-state index is 10.6. The lowest BCUT2D eigenvalue weighted by atomic mass is 9.70. The summed E-state index contributed by atoms with van der Waals surface area (Å²) >= 11 is 0. The van der Waals surface area contributed by atoms with Gasteiger partial charge in [0.05, 0.1) is 25.6 Å². The highest BCUT2D eigenvalue weighted by Gasteiger charge is 2.45. The summed E-state index contributed by atoms with van der Waals surface area (Å²) < 4.78 is 19.0. The van der Waals surface area contributed by atoms with E-state index in [4.69, 9.17) is 13.9 Å². The number of hydrogen-bond donors (Lipinski definition) is 1. The predicted molar refractivity (Wildman–Crippen MR) is 136 cm³/mol. The monoisotopic (exact) mass is 456 g/mol. The Morgan fingerprint density at radius 3 is 2.28 bits per heavy atom. The molecule has 1 aliphatic carbocycles. The number of aliphatic hydroxyl groups excluding tert-OH is 1. The number of allylic oxidation sites excluding steroid dienone is 2. The number of methoxy groups -OCH3 is 2. The summed E-state index contributed by atoms with van der Waals surface area (Å²) in [4.78, 5) is 0. The molecule has 1 aliphatic rings. The van der Waals surface area contributed by atoms with Crippen molar-refractivity contribution in [1.82, 2.24) is 0 Å². The second-order valence-electron chi connectivity index (χ2n) is 9.53. The second kappa shape index (κ2) is 9.88. The molecular formula is C27H40O4Si. The molecule has 0 bridgehead atoms. The zero-order valence-electron chi connectivity index (χ0n) is 20.8. The van der Waals surface area contributed by atoms with E-state index < -0.39 is 8.32 Å². The molecule has 3 rings (SSSR count). The van der Waals surface area contributed by atoms with Crippen LogP contribution in [-0.4, -0.2) is 33.2 Å². The van der Waals surface area contributed by atoms with E-state index in [9.17, 15) is 5.11 Å². The quantitative estimate of drug-likeness (QED) is 0.395. The molecule has 0 heterocycles. The molecule has 176 valence electrons. The number of ether oxygens (including phenoxy) is 2. The van der Waals surface area contributed by atoms with Gasteiger partial charge in [-0.05, 0) is 61.8 Å². The van der Waals surface area contributed by atoms with Crippen LogP contribution in [0.3, 0.4) is 0 Å². The first kappa shape index (κ1) is 24.7. The van der Waals surface area contributed by atoms with E-state index in [2.05, 4.69) is 52.8 Å². The van der Waals surface area contributed by atoms with Crippen LogP contribution in [0.5, 0.6) is 11.5 Å². The minimum Gasteiger partial charge on any atom is -0.513 e.